The van der Waals surface area contributed by atoms with Crippen LogP contribution in [0, 0.1) is 5.82 Å². The molecule has 9 heteroatoms. The van der Waals surface area contributed by atoms with Gasteiger partial charge >= 0.3 is 0 Å². The molecule has 0 bridgehead atoms. The Labute approximate surface area is 199 Å². The van der Waals surface area contributed by atoms with Crippen LogP contribution in [0.4, 0.5) is 10.1 Å². The van der Waals surface area contributed by atoms with Crippen LogP contribution >= 0.6 is 0 Å². The number of nitrogens with zero attached hydrogens (tertiary/aromatic N) is 6. The maximum absolute atomic E-state index is 13.4. The van der Waals surface area contributed by atoms with E-state index in [4.69, 9.17) is 9.47 Å². The first-order valence-electron chi connectivity index (χ1n) is 11.9. The van der Waals surface area contributed by atoms with Gasteiger partial charge < -0.3 is 14.4 Å². The molecule has 2 aliphatic rings. The van der Waals surface area contributed by atoms with Gasteiger partial charge in [-0.25, -0.2) is 9.07 Å². The number of methoxy groups -OCH3 is 2. The molecular weight excluding hydrogens is 435 g/mol. The van der Waals surface area contributed by atoms with Crippen molar-refractivity contribution in [2.45, 2.75) is 37.8 Å². The molecule has 1 aliphatic heterocycles. The average molecular weight is 467 g/mol. The molecule has 3 aromatic rings. The van der Waals surface area contributed by atoms with Gasteiger partial charge in [0.05, 0.1) is 20.3 Å². The molecule has 2 fully saturated rings. The van der Waals surface area contributed by atoms with Gasteiger partial charge in [0.15, 0.2) is 5.82 Å². The van der Waals surface area contributed by atoms with E-state index in [0.29, 0.717) is 6.04 Å². The van der Waals surface area contributed by atoms with Crippen molar-refractivity contribution in [1.82, 2.24) is 25.1 Å². The summed E-state index contributed by atoms with van der Waals surface area (Å²) in [6.07, 6.45) is 4.61. The fourth-order valence-corrected chi connectivity index (χ4v) is 5.22. The van der Waals surface area contributed by atoms with Gasteiger partial charge in [-0.3, -0.25) is 4.90 Å². The molecule has 1 atom stereocenters. The SMILES string of the molecule is COc1ccc([C@H](c2nnnn2C2CCCC2)N2CCN(c3ccc(F)cc3)CC2)c(OC)c1. The van der Waals surface area contributed by atoms with Crippen molar-refractivity contribution >= 4 is 5.69 Å². The van der Waals surface area contributed by atoms with E-state index in [2.05, 4.69) is 31.4 Å². The van der Waals surface area contributed by atoms with Crippen LogP contribution in [0.1, 0.15) is 49.2 Å². The third-order valence-corrected chi connectivity index (χ3v) is 7.04. The first-order chi connectivity index (χ1) is 16.7. The molecule has 5 rings (SSSR count). The summed E-state index contributed by atoms with van der Waals surface area (Å²) in [6.45, 7) is 3.28. The van der Waals surface area contributed by atoms with Gasteiger partial charge in [-0.1, -0.05) is 12.8 Å². The molecule has 2 heterocycles. The highest BCUT2D eigenvalue weighted by Gasteiger charge is 2.34. The highest BCUT2D eigenvalue weighted by molar-refractivity contribution is 5.47. The van der Waals surface area contributed by atoms with Crippen molar-refractivity contribution in [3.05, 3.63) is 59.7 Å². The quantitative estimate of drug-likeness (QED) is 0.524. The molecule has 0 unspecified atom stereocenters. The standard InChI is InChI=1S/C25H31FN6O2/c1-33-21-11-12-22(23(17-21)34-2)24(25-27-28-29-32(25)20-5-3-4-6-20)31-15-13-30(14-16-31)19-9-7-18(26)8-10-19/h7-12,17,20,24H,3-6,13-16H2,1-2H3/t24-/m1/s1. The second kappa shape index (κ2) is 9.97. The van der Waals surface area contributed by atoms with Crippen molar-refractivity contribution in [3.63, 3.8) is 0 Å². The number of benzene rings is 2. The van der Waals surface area contributed by atoms with Crippen LogP contribution < -0.4 is 14.4 Å². The van der Waals surface area contributed by atoms with Crippen LogP contribution in [0.25, 0.3) is 0 Å². The van der Waals surface area contributed by atoms with E-state index in [0.717, 1.165) is 67.6 Å². The molecule has 2 aromatic carbocycles. The summed E-state index contributed by atoms with van der Waals surface area (Å²) in [5.74, 6) is 2.14. The Morgan fingerprint density at radius 1 is 0.941 bits per heavy atom. The normalized spacial score (nSPS) is 18.3. The lowest BCUT2D eigenvalue weighted by Crippen LogP contribution is -2.48. The second-order valence-electron chi connectivity index (χ2n) is 8.93. The van der Waals surface area contributed by atoms with E-state index in [1.54, 1.807) is 14.2 Å². The Balaban J connectivity index is 1.47. The van der Waals surface area contributed by atoms with Gasteiger partial charge in [0.25, 0.3) is 0 Å². The molecule has 0 amide bonds. The van der Waals surface area contributed by atoms with E-state index in [1.165, 1.54) is 25.0 Å². The zero-order valence-electron chi connectivity index (χ0n) is 19.7. The second-order valence-corrected chi connectivity index (χ2v) is 8.93. The maximum atomic E-state index is 13.4. The van der Waals surface area contributed by atoms with E-state index in [-0.39, 0.29) is 11.9 Å². The van der Waals surface area contributed by atoms with E-state index < -0.39 is 0 Å². The van der Waals surface area contributed by atoms with Gasteiger partial charge in [0.1, 0.15) is 23.4 Å². The topological polar surface area (TPSA) is 68.5 Å². The van der Waals surface area contributed by atoms with Crippen LogP contribution in [0.15, 0.2) is 42.5 Å². The number of halogens is 1. The van der Waals surface area contributed by atoms with Crippen molar-refractivity contribution < 1.29 is 13.9 Å². The summed E-state index contributed by atoms with van der Waals surface area (Å²) >= 11 is 0. The summed E-state index contributed by atoms with van der Waals surface area (Å²) in [4.78, 5) is 4.71. The summed E-state index contributed by atoms with van der Waals surface area (Å²) in [7, 11) is 3.34. The number of piperazine rings is 1. The minimum absolute atomic E-state index is 0.146. The minimum atomic E-state index is -0.215. The Morgan fingerprint density at radius 3 is 2.35 bits per heavy atom. The summed E-state index contributed by atoms with van der Waals surface area (Å²) in [6, 6.07) is 12.8. The van der Waals surface area contributed by atoms with Crippen molar-refractivity contribution in [2.24, 2.45) is 0 Å². The molecule has 34 heavy (non-hydrogen) atoms. The van der Waals surface area contributed by atoms with Crippen LogP contribution in [-0.2, 0) is 0 Å². The van der Waals surface area contributed by atoms with Crippen LogP contribution in [-0.4, -0.2) is 65.5 Å². The lowest BCUT2D eigenvalue weighted by Gasteiger charge is -2.40. The number of tetrazole rings is 1. The number of aromatic nitrogens is 4. The molecule has 180 valence electrons. The Hall–Kier alpha value is -3.20. The predicted octanol–water partition coefficient (Wildman–Crippen LogP) is 3.86. The van der Waals surface area contributed by atoms with Crippen molar-refractivity contribution in [2.75, 3.05) is 45.3 Å². The maximum Gasteiger partial charge on any atom is 0.173 e. The highest BCUT2D eigenvalue weighted by atomic mass is 19.1. The Bertz CT molecular complexity index is 1090. The number of anilines is 1. The molecule has 0 N–H and O–H groups in total. The average Bonchev–Trinajstić information content (AvgIpc) is 3.58. The molecular formula is C25H31FN6O2. The number of ether oxygens (including phenoxy) is 2. The van der Waals surface area contributed by atoms with Gasteiger partial charge in [-0.05, 0) is 59.7 Å². The lowest BCUT2D eigenvalue weighted by molar-refractivity contribution is 0.194. The fourth-order valence-electron chi connectivity index (χ4n) is 5.22. The zero-order valence-corrected chi connectivity index (χ0v) is 19.7. The number of hydrogen-bond acceptors (Lipinski definition) is 7. The molecule has 1 saturated carbocycles. The minimum Gasteiger partial charge on any atom is -0.497 e. The van der Waals surface area contributed by atoms with Crippen LogP contribution in [0.3, 0.4) is 0 Å². The predicted molar refractivity (Wildman–Crippen MR) is 127 cm³/mol. The Morgan fingerprint density at radius 2 is 1.68 bits per heavy atom. The fraction of sp³-hybridized carbons (Fsp3) is 0.480. The van der Waals surface area contributed by atoms with Gasteiger partial charge in [-0.2, -0.15) is 0 Å². The third-order valence-electron chi connectivity index (χ3n) is 7.04. The zero-order chi connectivity index (χ0) is 23.5. The van der Waals surface area contributed by atoms with E-state index in [9.17, 15) is 4.39 Å². The first kappa shape index (κ1) is 22.6. The number of hydrogen-bond donors (Lipinski definition) is 0. The summed E-state index contributed by atoms with van der Waals surface area (Å²) in [5, 5.41) is 13.0. The van der Waals surface area contributed by atoms with Crippen molar-refractivity contribution in [3.8, 4) is 11.5 Å². The molecule has 1 saturated heterocycles. The molecule has 1 aromatic heterocycles. The summed E-state index contributed by atoms with van der Waals surface area (Å²) in [5.41, 5.74) is 2.06. The Kier molecular flexibility index (Phi) is 6.62. The van der Waals surface area contributed by atoms with E-state index in [1.807, 2.05) is 28.9 Å². The molecule has 1 aliphatic carbocycles. The smallest absolute Gasteiger partial charge is 0.173 e. The van der Waals surface area contributed by atoms with Gasteiger partial charge in [-0.15, -0.1) is 5.10 Å². The largest absolute Gasteiger partial charge is 0.497 e. The molecule has 8 nitrogen and oxygen atoms in total. The van der Waals surface area contributed by atoms with Crippen LogP contribution in [0.5, 0.6) is 11.5 Å². The number of rotatable bonds is 7. The highest BCUT2D eigenvalue weighted by Crippen LogP contribution is 2.39. The van der Waals surface area contributed by atoms with Crippen LogP contribution in [0.2, 0.25) is 0 Å². The summed E-state index contributed by atoms with van der Waals surface area (Å²) < 4.78 is 26.7. The van der Waals surface area contributed by atoms with Crippen molar-refractivity contribution in [1.29, 1.82) is 0 Å². The molecule has 0 spiro atoms. The third kappa shape index (κ3) is 4.44. The van der Waals surface area contributed by atoms with Gasteiger partial charge in [0, 0.05) is 43.5 Å². The van der Waals surface area contributed by atoms with E-state index >= 15 is 0 Å². The molecule has 0 radical (unpaired) electrons. The van der Waals surface area contributed by atoms with Gasteiger partial charge in [0.2, 0.25) is 0 Å². The monoisotopic (exact) mass is 466 g/mol. The first-order valence-corrected chi connectivity index (χ1v) is 11.9. The lowest BCUT2D eigenvalue weighted by atomic mass is 10.0.